The zero-order valence-corrected chi connectivity index (χ0v) is 16.7. The van der Waals surface area contributed by atoms with E-state index in [1.54, 1.807) is 18.2 Å². The Labute approximate surface area is 167 Å². The first kappa shape index (κ1) is 19.2. The highest BCUT2D eigenvalue weighted by Gasteiger charge is 2.08. The molecule has 27 heavy (non-hydrogen) atoms. The van der Waals surface area contributed by atoms with E-state index in [1.807, 2.05) is 42.5 Å². The molecule has 0 radical (unpaired) electrons. The molecule has 0 aliphatic carbocycles. The summed E-state index contributed by atoms with van der Waals surface area (Å²) < 4.78 is 17.6. The molecule has 140 valence electrons. The predicted octanol–water partition coefficient (Wildman–Crippen LogP) is 5.77. The van der Waals surface area contributed by atoms with E-state index in [4.69, 9.17) is 14.2 Å². The molecule has 0 saturated carbocycles. The molecule has 0 aliphatic heterocycles. The van der Waals surface area contributed by atoms with Gasteiger partial charge in [-0.3, -0.25) is 0 Å². The van der Waals surface area contributed by atoms with Crippen LogP contribution in [0.25, 0.3) is 10.8 Å². The van der Waals surface area contributed by atoms with E-state index in [2.05, 4.69) is 22.9 Å². The fourth-order valence-corrected chi connectivity index (χ4v) is 2.93. The van der Waals surface area contributed by atoms with Crippen LogP contribution in [0.15, 0.2) is 65.1 Å². The van der Waals surface area contributed by atoms with E-state index in [1.165, 1.54) is 0 Å². The number of rotatable bonds is 8. The zero-order valence-electron chi connectivity index (χ0n) is 15.1. The van der Waals surface area contributed by atoms with Gasteiger partial charge in [-0.2, -0.15) is 0 Å². The first-order chi connectivity index (χ1) is 13.1. The molecule has 0 spiro atoms. The van der Waals surface area contributed by atoms with Crippen LogP contribution in [0.4, 0.5) is 0 Å². The van der Waals surface area contributed by atoms with E-state index in [0.29, 0.717) is 18.1 Å². The van der Waals surface area contributed by atoms with Crippen LogP contribution in [0.5, 0.6) is 17.2 Å². The summed E-state index contributed by atoms with van der Waals surface area (Å²) in [7, 11) is 0. The van der Waals surface area contributed by atoms with Crippen molar-refractivity contribution in [2.24, 2.45) is 0 Å². The van der Waals surface area contributed by atoms with E-state index in [0.717, 1.165) is 33.8 Å². The number of hydrogen-bond acceptors (Lipinski definition) is 4. The monoisotopic (exact) mass is 428 g/mol. The Bertz CT molecular complexity index is 923. The highest BCUT2D eigenvalue weighted by Crippen LogP contribution is 2.24. The van der Waals surface area contributed by atoms with Crippen molar-refractivity contribution in [1.29, 1.82) is 0 Å². The lowest BCUT2D eigenvalue weighted by Gasteiger charge is -2.10. The quantitative estimate of drug-likeness (QED) is 0.259. The topological polar surface area (TPSA) is 44.8 Å². The van der Waals surface area contributed by atoms with Crippen molar-refractivity contribution in [1.82, 2.24) is 0 Å². The van der Waals surface area contributed by atoms with Crippen molar-refractivity contribution in [3.63, 3.8) is 0 Å². The van der Waals surface area contributed by atoms with Crippen molar-refractivity contribution in [3.8, 4) is 17.2 Å². The summed E-state index contributed by atoms with van der Waals surface area (Å²) in [4.78, 5) is 12.1. The maximum absolute atomic E-state index is 12.1. The number of esters is 1. The molecular formula is C22H21BrO4. The molecule has 0 saturated heterocycles. The first-order valence-electron chi connectivity index (χ1n) is 8.90. The van der Waals surface area contributed by atoms with Crippen molar-refractivity contribution in [2.75, 3.05) is 13.2 Å². The molecule has 5 heteroatoms. The van der Waals surface area contributed by atoms with Gasteiger partial charge in [0.1, 0.15) is 17.2 Å². The molecule has 0 unspecified atom stereocenters. The number of carbonyl (C=O) groups is 1. The molecule has 0 amide bonds. The Morgan fingerprint density at radius 1 is 0.889 bits per heavy atom. The van der Waals surface area contributed by atoms with Crippen LogP contribution in [0.3, 0.4) is 0 Å². The van der Waals surface area contributed by atoms with Crippen LogP contribution < -0.4 is 14.2 Å². The van der Waals surface area contributed by atoms with Crippen LogP contribution in [-0.2, 0) is 4.79 Å². The maximum atomic E-state index is 12.1. The van der Waals surface area contributed by atoms with Gasteiger partial charge < -0.3 is 14.2 Å². The molecule has 3 rings (SSSR count). The number of halogens is 1. The molecule has 4 nitrogen and oxygen atoms in total. The zero-order chi connectivity index (χ0) is 19.1. The lowest BCUT2D eigenvalue weighted by Crippen LogP contribution is -2.17. The standard InChI is InChI=1S/C22H21BrO4/c1-2-3-11-25-19-5-4-6-20(14-19)26-15-22(24)27-21-10-8-16-12-18(23)9-7-17(16)13-21/h4-10,12-14H,2-3,11,15H2,1H3. The minimum atomic E-state index is -0.455. The van der Waals surface area contributed by atoms with Crippen molar-refractivity contribution < 1.29 is 19.0 Å². The number of unbranched alkanes of at least 4 members (excludes halogenated alkanes) is 1. The van der Waals surface area contributed by atoms with Gasteiger partial charge in [0.25, 0.3) is 0 Å². The van der Waals surface area contributed by atoms with Crippen molar-refractivity contribution in [2.45, 2.75) is 19.8 Å². The Balaban J connectivity index is 1.55. The molecule has 0 fully saturated rings. The summed E-state index contributed by atoms with van der Waals surface area (Å²) >= 11 is 3.45. The third kappa shape index (κ3) is 5.73. The SMILES string of the molecule is CCCCOc1cccc(OCC(=O)Oc2ccc3cc(Br)ccc3c2)c1. The molecule has 0 N–H and O–H groups in total. The molecule has 0 bridgehead atoms. The lowest BCUT2D eigenvalue weighted by molar-refractivity contribution is -0.136. The number of benzene rings is 3. The highest BCUT2D eigenvalue weighted by molar-refractivity contribution is 9.10. The van der Waals surface area contributed by atoms with Gasteiger partial charge in [-0.1, -0.05) is 47.5 Å². The number of hydrogen-bond donors (Lipinski definition) is 0. The van der Waals surface area contributed by atoms with Gasteiger partial charge in [0.2, 0.25) is 0 Å². The third-order valence-corrected chi connectivity index (χ3v) is 4.43. The second-order valence-corrected chi connectivity index (χ2v) is 7.01. The second-order valence-electron chi connectivity index (χ2n) is 6.09. The van der Waals surface area contributed by atoms with E-state index in [-0.39, 0.29) is 6.61 Å². The molecule has 0 aliphatic rings. The van der Waals surface area contributed by atoms with Crippen molar-refractivity contribution >= 4 is 32.7 Å². The minimum Gasteiger partial charge on any atom is -0.493 e. The van der Waals surface area contributed by atoms with Gasteiger partial charge in [-0.15, -0.1) is 0 Å². The molecule has 0 heterocycles. The van der Waals surface area contributed by atoms with Crippen LogP contribution in [-0.4, -0.2) is 19.2 Å². The second kappa shape index (κ2) is 9.42. The Morgan fingerprint density at radius 2 is 1.63 bits per heavy atom. The average Bonchev–Trinajstić information content (AvgIpc) is 2.67. The number of fused-ring (bicyclic) bond motifs is 1. The summed E-state index contributed by atoms with van der Waals surface area (Å²) in [5.41, 5.74) is 0. The molecule has 0 atom stereocenters. The van der Waals surface area contributed by atoms with Gasteiger partial charge in [-0.25, -0.2) is 4.79 Å². The normalized spacial score (nSPS) is 10.6. The van der Waals surface area contributed by atoms with Gasteiger partial charge >= 0.3 is 5.97 Å². The summed E-state index contributed by atoms with van der Waals surface area (Å²) in [6.45, 7) is 2.61. The fraction of sp³-hybridized carbons (Fsp3) is 0.227. The maximum Gasteiger partial charge on any atom is 0.349 e. The Hall–Kier alpha value is -2.53. The van der Waals surface area contributed by atoms with Crippen molar-refractivity contribution in [3.05, 3.63) is 65.1 Å². The summed E-state index contributed by atoms with van der Waals surface area (Å²) in [5.74, 6) is 1.35. The van der Waals surface area contributed by atoms with Crippen LogP contribution >= 0.6 is 15.9 Å². The van der Waals surface area contributed by atoms with E-state index >= 15 is 0 Å². The van der Waals surface area contributed by atoms with E-state index in [9.17, 15) is 4.79 Å². The Morgan fingerprint density at radius 3 is 2.44 bits per heavy atom. The average molecular weight is 429 g/mol. The van der Waals surface area contributed by atoms with Gasteiger partial charge in [0.05, 0.1) is 6.61 Å². The van der Waals surface area contributed by atoms with Crippen LogP contribution in [0.2, 0.25) is 0 Å². The van der Waals surface area contributed by atoms with Gasteiger partial charge in [-0.05, 0) is 53.6 Å². The summed E-state index contributed by atoms with van der Waals surface area (Å²) in [6, 6.07) is 18.7. The summed E-state index contributed by atoms with van der Waals surface area (Å²) in [6.07, 6.45) is 2.08. The Kier molecular flexibility index (Phi) is 6.71. The van der Waals surface area contributed by atoms with Crippen LogP contribution in [0, 0.1) is 0 Å². The van der Waals surface area contributed by atoms with Gasteiger partial charge in [0.15, 0.2) is 6.61 Å². The molecular weight excluding hydrogens is 408 g/mol. The molecule has 0 aromatic heterocycles. The number of carbonyl (C=O) groups excluding carboxylic acids is 1. The third-order valence-electron chi connectivity index (χ3n) is 3.93. The van der Waals surface area contributed by atoms with Crippen LogP contribution in [0.1, 0.15) is 19.8 Å². The smallest absolute Gasteiger partial charge is 0.349 e. The summed E-state index contributed by atoms with van der Waals surface area (Å²) in [5, 5.41) is 2.07. The minimum absolute atomic E-state index is 0.170. The van der Waals surface area contributed by atoms with Gasteiger partial charge in [0, 0.05) is 10.5 Å². The predicted molar refractivity (Wildman–Crippen MR) is 110 cm³/mol. The van der Waals surface area contributed by atoms with E-state index < -0.39 is 5.97 Å². The number of ether oxygens (including phenoxy) is 3. The lowest BCUT2D eigenvalue weighted by atomic mass is 10.1. The first-order valence-corrected chi connectivity index (χ1v) is 9.69. The molecule has 3 aromatic rings. The highest BCUT2D eigenvalue weighted by atomic mass is 79.9. The largest absolute Gasteiger partial charge is 0.493 e. The molecule has 3 aromatic carbocycles. The fourth-order valence-electron chi connectivity index (χ4n) is 2.55.